The molecule has 1 aliphatic carbocycles. The Morgan fingerprint density at radius 1 is 1.20 bits per heavy atom. The van der Waals surface area contributed by atoms with Crippen LogP contribution in [0.4, 0.5) is 5.69 Å². The number of nitrogens with zero attached hydrogens (tertiary/aromatic N) is 3. The van der Waals surface area contributed by atoms with Gasteiger partial charge in [-0.3, -0.25) is 14.6 Å². The molecule has 1 amide bonds. The van der Waals surface area contributed by atoms with Crippen molar-refractivity contribution in [3.63, 3.8) is 0 Å². The van der Waals surface area contributed by atoms with Crippen LogP contribution in [-0.2, 0) is 19.4 Å². The fourth-order valence-electron chi connectivity index (χ4n) is 4.38. The van der Waals surface area contributed by atoms with Crippen molar-refractivity contribution in [1.82, 2.24) is 14.8 Å². The molecule has 0 unspecified atom stereocenters. The number of nitrogens with one attached hydrogen (secondary N) is 1. The molecule has 1 aliphatic heterocycles. The number of aromatic nitrogens is 1. The van der Waals surface area contributed by atoms with Gasteiger partial charge in [-0.15, -0.1) is 0 Å². The molecule has 1 saturated heterocycles. The number of aryl methyl sites for hydroxylation is 2. The summed E-state index contributed by atoms with van der Waals surface area (Å²) in [5.41, 5.74) is 3.84. The van der Waals surface area contributed by atoms with Gasteiger partial charge in [-0.2, -0.15) is 0 Å². The first kappa shape index (κ1) is 21.0. The number of aliphatic hydroxyl groups is 1. The molecule has 7 heteroatoms. The van der Waals surface area contributed by atoms with E-state index in [-0.39, 0.29) is 12.0 Å². The number of benzene rings is 1. The van der Waals surface area contributed by atoms with Crippen molar-refractivity contribution in [2.24, 2.45) is 0 Å². The van der Waals surface area contributed by atoms with Crippen LogP contribution in [0.1, 0.15) is 53.7 Å². The second-order valence-corrected chi connectivity index (χ2v) is 8.44. The topological polar surface area (TPSA) is 81.8 Å². The largest absolute Gasteiger partial charge is 0.447 e. The minimum atomic E-state index is -0.238. The second kappa shape index (κ2) is 9.73. The summed E-state index contributed by atoms with van der Waals surface area (Å²) in [5, 5.41) is 12.9. The predicted molar refractivity (Wildman–Crippen MR) is 116 cm³/mol. The number of carbonyl (C=O) groups excluding carboxylic acids is 1. The van der Waals surface area contributed by atoms with E-state index in [2.05, 4.69) is 39.2 Å². The Kier molecular flexibility index (Phi) is 6.82. The van der Waals surface area contributed by atoms with Crippen molar-refractivity contribution in [2.45, 2.75) is 51.7 Å². The lowest BCUT2D eigenvalue weighted by atomic mass is 10.1. The summed E-state index contributed by atoms with van der Waals surface area (Å²) in [6.45, 7) is 7.08. The first-order valence-corrected chi connectivity index (χ1v) is 11.1. The number of amides is 1. The smallest absolute Gasteiger partial charge is 0.277 e. The molecule has 1 aromatic carbocycles. The molecule has 1 aromatic heterocycles. The zero-order chi connectivity index (χ0) is 20.9. The van der Waals surface area contributed by atoms with Crippen molar-refractivity contribution in [1.29, 1.82) is 0 Å². The van der Waals surface area contributed by atoms with E-state index in [9.17, 15) is 9.90 Å². The number of rotatable bonds is 8. The molecule has 1 fully saturated rings. The molecule has 2 heterocycles. The van der Waals surface area contributed by atoms with Crippen LogP contribution in [0.15, 0.2) is 28.9 Å². The second-order valence-electron chi connectivity index (χ2n) is 8.44. The lowest BCUT2D eigenvalue weighted by molar-refractivity contribution is 0.0634. The summed E-state index contributed by atoms with van der Waals surface area (Å²) in [6, 6.07) is 6.13. The van der Waals surface area contributed by atoms with Crippen molar-refractivity contribution < 1.29 is 14.3 Å². The number of carbonyl (C=O) groups is 1. The highest BCUT2D eigenvalue weighted by molar-refractivity contribution is 6.02. The van der Waals surface area contributed by atoms with Gasteiger partial charge in [0, 0.05) is 38.4 Å². The van der Waals surface area contributed by atoms with Crippen molar-refractivity contribution in [3.8, 4) is 0 Å². The number of fused-ring (bicyclic) bond motifs is 1. The quantitative estimate of drug-likeness (QED) is 0.694. The van der Waals surface area contributed by atoms with Crippen molar-refractivity contribution >= 4 is 11.6 Å². The fraction of sp³-hybridized carbons (Fsp3) is 0.565. The number of hydrogen-bond donors (Lipinski definition) is 2. The van der Waals surface area contributed by atoms with Crippen LogP contribution >= 0.6 is 0 Å². The lowest BCUT2D eigenvalue weighted by Gasteiger charge is -2.34. The zero-order valence-electron chi connectivity index (χ0n) is 17.8. The molecular weight excluding hydrogens is 380 g/mol. The van der Waals surface area contributed by atoms with Crippen LogP contribution < -0.4 is 5.32 Å². The monoisotopic (exact) mass is 412 g/mol. The molecule has 0 radical (unpaired) electrons. The van der Waals surface area contributed by atoms with Crippen molar-refractivity contribution in [2.75, 3.05) is 38.0 Å². The van der Waals surface area contributed by atoms with Crippen LogP contribution in [0.5, 0.6) is 0 Å². The third-order valence-electron chi connectivity index (χ3n) is 6.06. The highest BCUT2D eigenvalue weighted by atomic mass is 16.3. The van der Waals surface area contributed by atoms with Gasteiger partial charge < -0.3 is 14.8 Å². The molecule has 2 N–H and O–H groups in total. The zero-order valence-corrected chi connectivity index (χ0v) is 17.8. The molecule has 7 nitrogen and oxygen atoms in total. The van der Waals surface area contributed by atoms with Crippen LogP contribution in [0.3, 0.4) is 0 Å². The number of aliphatic hydroxyl groups excluding tert-OH is 1. The summed E-state index contributed by atoms with van der Waals surface area (Å²) >= 11 is 0. The van der Waals surface area contributed by atoms with Crippen LogP contribution in [0.25, 0.3) is 0 Å². The molecule has 0 spiro atoms. The minimum Gasteiger partial charge on any atom is -0.447 e. The van der Waals surface area contributed by atoms with E-state index in [0.29, 0.717) is 18.1 Å². The Bertz CT molecular complexity index is 858. The summed E-state index contributed by atoms with van der Waals surface area (Å²) < 4.78 is 5.56. The van der Waals surface area contributed by atoms with Gasteiger partial charge in [-0.1, -0.05) is 19.4 Å². The van der Waals surface area contributed by atoms with E-state index in [1.165, 1.54) is 23.8 Å². The van der Waals surface area contributed by atoms with Gasteiger partial charge in [0.2, 0.25) is 5.89 Å². The Hall–Kier alpha value is -2.22. The Balaban J connectivity index is 1.26. The summed E-state index contributed by atoms with van der Waals surface area (Å²) in [7, 11) is 0. The van der Waals surface area contributed by atoms with Crippen molar-refractivity contribution in [3.05, 3.63) is 47.2 Å². The third kappa shape index (κ3) is 5.28. The molecule has 0 bridgehead atoms. The van der Waals surface area contributed by atoms with Crippen LogP contribution in [0, 0.1) is 0 Å². The summed E-state index contributed by atoms with van der Waals surface area (Å²) in [6.07, 6.45) is 6.46. The minimum absolute atomic E-state index is 0.236. The molecule has 1 atom stereocenters. The molecule has 4 rings (SSSR count). The van der Waals surface area contributed by atoms with E-state index in [1.807, 2.05) is 6.07 Å². The number of oxazole rings is 1. The first-order valence-electron chi connectivity index (χ1n) is 11.1. The maximum absolute atomic E-state index is 12.5. The fourth-order valence-corrected chi connectivity index (χ4v) is 4.38. The van der Waals surface area contributed by atoms with Crippen LogP contribution in [0.2, 0.25) is 0 Å². The third-order valence-corrected chi connectivity index (χ3v) is 6.06. The van der Waals surface area contributed by atoms with E-state index >= 15 is 0 Å². The van der Waals surface area contributed by atoms with E-state index in [0.717, 1.165) is 64.1 Å². The van der Waals surface area contributed by atoms with Gasteiger partial charge in [0.05, 0.1) is 12.6 Å². The normalized spacial score (nSPS) is 18.3. The maximum atomic E-state index is 12.5. The molecule has 30 heavy (non-hydrogen) atoms. The number of β-amino-alcohol motifs (C(OH)–C–C–N with tert-alkyl or cyclic N) is 1. The molecule has 0 saturated carbocycles. The van der Waals surface area contributed by atoms with Gasteiger partial charge in [-0.05, 0) is 48.9 Å². The maximum Gasteiger partial charge on any atom is 0.277 e. The average molecular weight is 413 g/mol. The Morgan fingerprint density at radius 3 is 2.77 bits per heavy atom. The highest BCUT2D eigenvalue weighted by Gasteiger charge is 2.21. The molecule has 2 aromatic rings. The number of anilines is 1. The lowest BCUT2D eigenvalue weighted by Crippen LogP contribution is -2.48. The predicted octanol–water partition coefficient (Wildman–Crippen LogP) is 2.69. The van der Waals surface area contributed by atoms with Gasteiger partial charge in [0.15, 0.2) is 5.69 Å². The number of hydrogen-bond acceptors (Lipinski definition) is 6. The Morgan fingerprint density at radius 2 is 1.97 bits per heavy atom. The SMILES string of the molecule is CCC[C@@H](O)CN1CCN(Cc2nc(C(=O)Nc3ccc4c(c3)CCC4)co2)CC1. The average Bonchev–Trinajstić information content (AvgIpc) is 3.39. The standard InChI is InChI=1S/C23H32N4O3/c1-2-4-20(28)14-26-9-11-27(12-10-26)15-22-25-21(16-30-22)23(29)24-19-8-7-17-5-3-6-18(17)13-19/h7-8,13,16,20,28H,2-6,9-12,14-15H2,1H3,(H,24,29)/t20-/m1/s1. The van der Waals surface area contributed by atoms with Gasteiger partial charge >= 0.3 is 0 Å². The summed E-state index contributed by atoms with van der Waals surface area (Å²) in [5.74, 6) is 0.325. The van der Waals surface area contributed by atoms with E-state index in [4.69, 9.17) is 4.42 Å². The molecule has 2 aliphatic rings. The first-order chi connectivity index (χ1) is 14.6. The van der Waals surface area contributed by atoms with E-state index in [1.54, 1.807) is 0 Å². The highest BCUT2D eigenvalue weighted by Crippen LogP contribution is 2.25. The number of piperazine rings is 1. The summed E-state index contributed by atoms with van der Waals surface area (Å²) in [4.78, 5) is 21.5. The van der Waals surface area contributed by atoms with Gasteiger partial charge in [0.1, 0.15) is 6.26 Å². The molecule has 162 valence electrons. The van der Waals surface area contributed by atoms with Gasteiger partial charge in [0.25, 0.3) is 5.91 Å². The molecular formula is C23H32N4O3. The van der Waals surface area contributed by atoms with E-state index < -0.39 is 0 Å². The Labute approximate surface area is 178 Å². The van der Waals surface area contributed by atoms with Gasteiger partial charge in [-0.25, -0.2) is 4.98 Å². The van der Waals surface area contributed by atoms with Crippen LogP contribution in [-0.4, -0.2) is 64.6 Å².